The van der Waals surface area contributed by atoms with Gasteiger partial charge in [0.2, 0.25) is 0 Å². The van der Waals surface area contributed by atoms with Gasteiger partial charge >= 0.3 is 0 Å². The number of hydrogen-bond acceptors (Lipinski definition) is 2. The molecule has 3 heteroatoms. The minimum absolute atomic E-state index is 0.297. The van der Waals surface area contributed by atoms with Crippen molar-refractivity contribution in [3.8, 4) is 11.5 Å². The molecule has 3 aromatic rings. The van der Waals surface area contributed by atoms with Gasteiger partial charge in [-0.25, -0.2) is 0 Å². The Hall–Kier alpha value is -2.26. The molecule has 0 aliphatic heterocycles. The number of alkyl halides is 1. The Morgan fingerprint density at radius 1 is 0.704 bits per heavy atom. The molecule has 0 saturated heterocycles. The summed E-state index contributed by atoms with van der Waals surface area (Å²) >= 11 is 3.57. The molecule has 3 rings (SSSR count). The van der Waals surface area contributed by atoms with Crippen molar-refractivity contribution in [2.24, 2.45) is 0 Å². The lowest BCUT2D eigenvalue weighted by atomic mass is 9.99. The third-order valence-electron chi connectivity index (χ3n) is 4.37. The van der Waals surface area contributed by atoms with Crippen LogP contribution in [0.4, 0.5) is 0 Å². The molecule has 0 aromatic heterocycles. The van der Waals surface area contributed by atoms with Crippen LogP contribution in [0.3, 0.4) is 0 Å². The van der Waals surface area contributed by atoms with E-state index in [4.69, 9.17) is 9.47 Å². The molecule has 0 heterocycles. The van der Waals surface area contributed by atoms with Crippen LogP contribution in [0.1, 0.15) is 42.0 Å². The smallest absolute Gasteiger partial charge is 0.127 e. The van der Waals surface area contributed by atoms with Gasteiger partial charge in [0.15, 0.2) is 0 Å². The van der Waals surface area contributed by atoms with Gasteiger partial charge in [-0.15, -0.1) is 0 Å². The Bertz CT molecular complexity index is 780. The van der Waals surface area contributed by atoms with Gasteiger partial charge in [-0.05, 0) is 34.7 Å². The van der Waals surface area contributed by atoms with Crippen LogP contribution in [-0.2, 0) is 18.5 Å². The summed E-state index contributed by atoms with van der Waals surface area (Å²) in [5, 5.41) is 0.759. The van der Waals surface area contributed by atoms with Crippen molar-refractivity contribution < 1.29 is 9.47 Å². The van der Waals surface area contributed by atoms with Crippen LogP contribution in [0, 0.1) is 0 Å². The average Bonchev–Trinajstić information content (AvgIpc) is 2.71. The number of ether oxygens (including phenoxy) is 2. The first kappa shape index (κ1) is 19.5. The molecule has 0 saturated carbocycles. The summed E-state index contributed by atoms with van der Waals surface area (Å²) in [7, 11) is 0. The molecule has 0 radical (unpaired) electrons. The predicted molar refractivity (Wildman–Crippen MR) is 115 cm³/mol. The summed E-state index contributed by atoms with van der Waals surface area (Å²) in [6, 6.07) is 24.7. The van der Waals surface area contributed by atoms with Gasteiger partial charge in [0.25, 0.3) is 0 Å². The van der Waals surface area contributed by atoms with Crippen LogP contribution in [0.15, 0.2) is 72.8 Å². The summed E-state index contributed by atoms with van der Waals surface area (Å²) in [6.45, 7) is 5.44. The summed E-state index contributed by atoms with van der Waals surface area (Å²) in [6.07, 6.45) is 0. The summed E-state index contributed by atoms with van der Waals surface area (Å²) < 4.78 is 12.4. The van der Waals surface area contributed by atoms with Crippen LogP contribution >= 0.6 is 15.9 Å². The molecule has 3 aromatic carbocycles. The van der Waals surface area contributed by atoms with E-state index in [2.05, 4.69) is 66.2 Å². The standard InChI is InChI=1S/C24H25BrO2/c1-18(2)24-22(26-16-19-9-5-3-6-10-19)13-21(15-25)14-23(24)27-17-20-11-7-4-8-12-20/h3-14,18H,15-17H2,1-2H3. The maximum atomic E-state index is 6.22. The van der Waals surface area contributed by atoms with Crippen molar-refractivity contribution in [1.29, 1.82) is 0 Å². The van der Waals surface area contributed by atoms with E-state index in [0.717, 1.165) is 39.1 Å². The first-order valence-corrected chi connectivity index (χ1v) is 10.4. The minimum Gasteiger partial charge on any atom is -0.488 e. The summed E-state index contributed by atoms with van der Waals surface area (Å²) in [5.41, 5.74) is 4.57. The van der Waals surface area contributed by atoms with Crippen LogP contribution in [-0.4, -0.2) is 0 Å². The maximum Gasteiger partial charge on any atom is 0.127 e. The van der Waals surface area contributed by atoms with E-state index < -0.39 is 0 Å². The zero-order valence-corrected chi connectivity index (χ0v) is 17.4. The van der Waals surface area contributed by atoms with Crippen molar-refractivity contribution in [3.05, 3.63) is 95.1 Å². The zero-order valence-electron chi connectivity index (χ0n) is 15.8. The Labute approximate surface area is 170 Å². The monoisotopic (exact) mass is 424 g/mol. The van der Waals surface area contributed by atoms with Gasteiger partial charge in [-0.3, -0.25) is 0 Å². The highest BCUT2D eigenvalue weighted by molar-refractivity contribution is 9.08. The second-order valence-corrected chi connectivity index (χ2v) is 7.40. The highest BCUT2D eigenvalue weighted by atomic mass is 79.9. The van der Waals surface area contributed by atoms with Crippen LogP contribution in [0.2, 0.25) is 0 Å². The van der Waals surface area contributed by atoms with Crippen LogP contribution in [0.25, 0.3) is 0 Å². The molecule has 0 bridgehead atoms. The topological polar surface area (TPSA) is 18.5 Å². The van der Waals surface area contributed by atoms with Crippen molar-refractivity contribution in [2.75, 3.05) is 0 Å². The lowest BCUT2D eigenvalue weighted by Crippen LogP contribution is -2.05. The molecular weight excluding hydrogens is 400 g/mol. The SMILES string of the molecule is CC(C)c1c(OCc2ccccc2)cc(CBr)cc1OCc1ccccc1. The molecule has 0 fully saturated rings. The molecule has 27 heavy (non-hydrogen) atoms. The van der Waals surface area contributed by atoms with Gasteiger partial charge in [0, 0.05) is 10.9 Å². The van der Waals surface area contributed by atoms with Gasteiger partial charge in [0.05, 0.1) is 0 Å². The molecule has 0 aliphatic carbocycles. The Morgan fingerprint density at radius 3 is 1.52 bits per heavy atom. The number of benzene rings is 3. The van der Waals surface area contributed by atoms with Gasteiger partial charge in [-0.1, -0.05) is 90.4 Å². The number of halogens is 1. The quantitative estimate of drug-likeness (QED) is 0.367. The van der Waals surface area contributed by atoms with E-state index in [1.165, 1.54) is 0 Å². The van der Waals surface area contributed by atoms with Crippen LogP contribution in [0.5, 0.6) is 11.5 Å². The third kappa shape index (κ3) is 5.36. The fourth-order valence-corrected chi connectivity index (χ4v) is 3.33. The highest BCUT2D eigenvalue weighted by Crippen LogP contribution is 2.38. The number of hydrogen-bond donors (Lipinski definition) is 0. The first-order chi connectivity index (χ1) is 13.2. The molecule has 0 N–H and O–H groups in total. The summed E-state index contributed by atoms with van der Waals surface area (Å²) in [4.78, 5) is 0. The second kappa shape index (κ2) is 9.61. The third-order valence-corrected chi connectivity index (χ3v) is 5.02. The van der Waals surface area contributed by atoms with Gasteiger partial charge < -0.3 is 9.47 Å². The Kier molecular flexibility index (Phi) is 6.94. The fourth-order valence-electron chi connectivity index (χ4n) is 3.01. The maximum absolute atomic E-state index is 6.22. The molecule has 0 unspecified atom stereocenters. The van der Waals surface area contributed by atoms with E-state index in [0.29, 0.717) is 19.1 Å². The van der Waals surface area contributed by atoms with E-state index in [-0.39, 0.29) is 0 Å². The summed E-state index contributed by atoms with van der Waals surface area (Å²) in [5.74, 6) is 2.09. The number of rotatable bonds is 8. The Morgan fingerprint density at radius 2 is 1.15 bits per heavy atom. The molecule has 0 amide bonds. The van der Waals surface area contributed by atoms with Crippen molar-refractivity contribution in [2.45, 2.75) is 38.3 Å². The van der Waals surface area contributed by atoms with E-state index in [9.17, 15) is 0 Å². The average molecular weight is 425 g/mol. The van der Waals surface area contributed by atoms with Crippen LogP contribution < -0.4 is 9.47 Å². The lowest BCUT2D eigenvalue weighted by Gasteiger charge is -2.20. The zero-order chi connectivity index (χ0) is 19.1. The molecule has 140 valence electrons. The van der Waals surface area contributed by atoms with E-state index >= 15 is 0 Å². The molecule has 0 atom stereocenters. The first-order valence-electron chi connectivity index (χ1n) is 9.23. The molecule has 0 spiro atoms. The Balaban J connectivity index is 1.86. The normalized spacial score (nSPS) is 10.8. The predicted octanol–water partition coefficient (Wildman–Crippen LogP) is 6.86. The minimum atomic E-state index is 0.297. The molecule has 0 aliphatic rings. The van der Waals surface area contributed by atoms with Crippen molar-refractivity contribution in [1.82, 2.24) is 0 Å². The van der Waals surface area contributed by atoms with Gasteiger partial charge in [0.1, 0.15) is 24.7 Å². The fraction of sp³-hybridized carbons (Fsp3) is 0.250. The second-order valence-electron chi connectivity index (χ2n) is 6.84. The van der Waals surface area contributed by atoms with E-state index in [1.54, 1.807) is 0 Å². The van der Waals surface area contributed by atoms with E-state index in [1.807, 2.05) is 36.4 Å². The van der Waals surface area contributed by atoms with Crippen molar-refractivity contribution >= 4 is 15.9 Å². The molecule has 2 nitrogen and oxygen atoms in total. The highest BCUT2D eigenvalue weighted by Gasteiger charge is 2.17. The lowest BCUT2D eigenvalue weighted by molar-refractivity contribution is 0.281. The largest absolute Gasteiger partial charge is 0.488 e. The molecular formula is C24H25BrO2. The van der Waals surface area contributed by atoms with Gasteiger partial charge in [-0.2, -0.15) is 0 Å². The van der Waals surface area contributed by atoms with Crippen molar-refractivity contribution in [3.63, 3.8) is 0 Å².